The summed E-state index contributed by atoms with van der Waals surface area (Å²) >= 11 is 0. The summed E-state index contributed by atoms with van der Waals surface area (Å²) in [6.07, 6.45) is -0.0435. The zero-order valence-corrected chi connectivity index (χ0v) is 12.8. The maximum atomic E-state index is 11.1. The van der Waals surface area contributed by atoms with E-state index in [4.69, 9.17) is 4.74 Å². The van der Waals surface area contributed by atoms with Crippen LogP contribution in [0.3, 0.4) is 0 Å². The molecule has 1 aromatic carbocycles. The number of nitrogens with zero attached hydrogens (tertiary/aromatic N) is 1. The number of hydrogen-bond acceptors (Lipinski definition) is 5. The van der Waals surface area contributed by atoms with Crippen LogP contribution in [-0.4, -0.2) is 29.3 Å². The highest BCUT2D eigenvalue weighted by Crippen LogP contribution is 2.28. The third kappa shape index (κ3) is 6.55. The molecule has 0 bridgehead atoms. The quantitative estimate of drug-likeness (QED) is 0.540. The van der Waals surface area contributed by atoms with Gasteiger partial charge in [-0.1, -0.05) is 19.9 Å². The van der Waals surface area contributed by atoms with Crippen LogP contribution in [0.5, 0.6) is 5.75 Å². The van der Waals surface area contributed by atoms with Gasteiger partial charge in [0.1, 0.15) is 0 Å². The molecule has 0 saturated heterocycles. The van der Waals surface area contributed by atoms with E-state index in [0.29, 0.717) is 18.9 Å². The highest BCUT2D eigenvalue weighted by atomic mass is 16.6. The summed E-state index contributed by atoms with van der Waals surface area (Å²) in [7, 11) is 0. The standard InChI is InChI=1S/C15H24N2O4/c1-11(2)9-16-10-13-4-5-15(14(8-13)17(19)20)21-7-6-12(3)18/h4-5,8,11-12,16,18H,6-7,9-10H2,1-3H3. The third-order valence-corrected chi connectivity index (χ3v) is 2.89. The minimum atomic E-state index is -0.483. The summed E-state index contributed by atoms with van der Waals surface area (Å²) in [6.45, 7) is 7.57. The van der Waals surface area contributed by atoms with Gasteiger partial charge in [0.15, 0.2) is 5.75 Å². The van der Waals surface area contributed by atoms with Gasteiger partial charge in [0, 0.05) is 19.0 Å². The van der Waals surface area contributed by atoms with Crippen molar-refractivity contribution in [1.82, 2.24) is 5.32 Å². The zero-order valence-electron chi connectivity index (χ0n) is 12.8. The van der Waals surface area contributed by atoms with Crippen molar-refractivity contribution in [1.29, 1.82) is 0 Å². The Morgan fingerprint density at radius 2 is 2.10 bits per heavy atom. The van der Waals surface area contributed by atoms with Crippen LogP contribution in [0.25, 0.3) is 0 Å². The van der Waals surface area contributed by atoms with Crippen molar-refractivity contribution >= 4 is 5.69 Å². The van der Waals surface area contributed by atoms with E-state index >= 15 is 0 Å². The lowest BCUT2D eigenvalue weighted by molar-refractivity contribution is -0.385. The molecule has 0 amide bonds. The lowest BCUT2D eigenvalue weighted by Gasteiger charge is -2.10. The van der Waals surface area contributed by atoms with Crippen molar-refractivity contribution in [2.24, 2.45) is 5.92 Å². The van der Waals surface area contributed by atoms with E-state index in [0.717, 1.165) is 12.1 Å². The van der Waals surface area contributed by atoms with Gasteiger partial charge in [-0.05, 0) is 31.0 Å². The average Bonchev–Trinajstić information content (AvgIpc) is 2.39. The van der Waals surface area contributed by atoms with Crippen LogP contribution in [0.2, 0.25) is 0 Å². The van der Waals surface area contributed by atoms with Crippen molar-refractivity contribution in [3.05, 3.63) is 33.9 Å². The van der Waals surface area contributed by atoms with E-state index < -0.39 is 11.0 Å². The van der Waals surface area contributed by atoms with E-state index in [1.54, 1.807) is 13.0 Å². The Bertz CT molecular complexity index is 461. The Labute approximate surface area is 125 Å². The number of aliphatic hydroxyl groups is 1. The summed E-state index contributed by atoms with van der Waals surface area (Å²) in [5.41, 5.74) is 0.815. The number of aliphatic hydroxyl groups excluding tert-OH is 1. The summed E-state index contributed by atoms with van der Waals surface area (Å²) < 4.78 is 5.38. The minimum Gasteiger partial charge on any atom is -0.487 e. The fourth-order valence-electron chi connectivity index (χ4n) is 1.78. The fraction of sp³-hybridized carbons (Fsp3) is 0.600. The fourth-order valence-corrected chi connectivity index (χ4v) is 1.78. The van der Waals surface area contributed by atoms with Crippen LogP contribution in [0, 0.1) is 16.0 Å². The molecule has 1 unspecified atom stereocenters. The van der Waals surface area contributed by atoms with Gasteiger partial charge in [0.05, 0.1) is 17.6 Å². The molecule has 21 heavy (non-hydrogen) atoms. The summed E-state index contributed by atoms with van der Waals surface area (Å²) in [5, 5.41) is 23.5. The van der Waals surface area contributed by atoms with Gasteiger partial charge in [0.2, 0.25) is 0 Å². The second-order valence-electron chi connectivity index (χ2n) is 5.57. The minimum absolute atomic E-state index is 0.0376. The van der Waals surface area contributed by atoms with Crippen molar-refractivity contribution in [2.45, 2.75) is 39.8 Å². The molecule has 2 N–H and O–H groups in total. The predicted octanol–water partition coefficient (Wildman–Crippen LogP) is 2.49. The van der Waals surface area contributed by atoms with Crippen LogP contribution in [0.4, 0.5) is 5.69 Å². The first-order valence-corrected chi connectivity index (χ1v) is 7.19. The number of rotatable bonds is 9. The van der Waals surface area contributed by atoms with Crippen LogP contribution in [0.1, 0.15) is 32.8 Å². The van der Waals surface area contributed by atoms with E-state index in [1.807, 2.05) is 6.07 Å². The largest absolute Gasteiger partial charge is 0.487 e. The first-order chi connectivity index (χ1) is 9.90. The van der Waals surface area contributed by atoms with Crippen LogP contribution < -0.4 is 10.1 Å². The van der Waals surface area contributed by atoms with Gasteiger partial charge >= 0.3 is 5.69 Å². The van der Waals surface area contributed by atoms with E-state index in [1.165, 1.54) is 6.07 Å². The Hall–Kier alpha value is -1.66. The van der Waals surface area contributed by atoms with Gasteiger partial charge in [-0.2, -0.15) is 0 Å². The number of nitro groups is 1. The maximum absolute atomic E-state index is 11.1. The molecule has 0 spiro atoms. The molecule has 0 aliphatic heterocycles. The van der Waals surface area contributed by atoms with Crippen LogP contribution in [-0.2, 0) is 6.54 Å². The second-order valence-corrected chi connectivity index (χ2v) is 5.57. The highest BCUT2D eigenvalue weighted by molar-refractivity contribution is 5.48. The maximum Gasteiger partial charge on any atom is 0.311 e. The van der Waals surface area contributed by atoms with Crippen molar-refractivity contribution < 1.29 is 14.8 Å². The molecule has 0 aliphatic rings. The molecule has 0 fully saturated rings. The Morgan fingerprint density at radius 3 is 2.67 bits per heavy atom. The molecule has 1 aromatic rings. The molecule has 0 saturated carbocycles. The SMILES string of the molecule is CC(C)CNCc1ccc(OCCC(C)O)c([N+](=O)[O-])c1. The van der Waals surface area contributed by atoms with Gasteiger partial charge in [-0.15, -0.1) is 0 Å². The normalized spacial score (nSPS) is 12.4. The van der Waals surface area contributed by atoms with Gasteiger partial charge in [0.25, 0.3) is 0 Å². The lowest BCUT2D eigenvalue weighted by atomic mass is 10.1. The number of nitro benzene ring substituents is 1. The molecular formula is C15H24N2O4. The van der Waals surface area contributed by atoms with Crippen LogP contribution >= 0.6 is 0 Å². The van der Waals surface area contributed by atoms with E-state index in [-0.39, 0.29) is 18.0 Å². The van der Waals surface area contributed by atoms with Crippen LogP contribution in [0.15, 0.2) is 18.2 Å². The smallest absolute Gasteiger partial charge is 0.311 e. The molecule has 118 valence electrons. The van der Waals surface area contributed by atoms with E-state index in [9.17, 15) is 15.2 Å². The topological polar surface area (TPSA) is 84.6 Å². The molecule has 0 radical (unpaired) electrons. The van der Waals surface area contributed by atoms with Gasteiger partial charge in [-0.3, -0.25) is 10.1 Å². The van der Waals surface area contributed by atoms with Gasteiger partial charge in [-0.25, -0.2) is 0 Å². The van der Waals surface area contributed by atoms with Crippen molar-refractivity contribution in [3.8, 4) is 5.75 Å². The molecule has 1 rings (SSSR count). The Kier molecular flexibility index (Phi) is 7.11. The summed E-state index contributed by atoms with van der Waals surface area (Å²) in [5.74, 6) is 0.774. The molecule has 0 aliphatic carbocycles. The Balaban J connectivity index is 2.70. The number of ether oxygens (including phenoxy) is 1. The number of benzene rings is 1. The Morgan fingerprint density at radius 1 is 1.38 bits per heavy atom. The first kappa shape index (κ1) is 17.4. The third-order valence-electron chi connectivity index (χ3n) is 2.89. The van der Waals surface area contributed by atoms with E-state index in [2.05, 4.69) is 19.2 Å². The summed E-state index contributed by atoms with van der Waals surface area (Å²) in [4.78, 5) is 10.7. The van der Waals surface area contributed by atoms with Crippen molar-refractivity contribution in [2.75, 3.05) is 13.2 Å². The highest BCUT2D eigenvalue weighted by Gasteiger charge is 2.16. The van der Waals surface area contributed by atoms with Gasteiger partial charge < -0.3 is 15.2 Å². The zero-order chi connectivity index (χ0) is 15.8. The lowest BCUT2D eigenvalue weighted by Crippen LogP contribution is -2.19. The molecule has 0 aromatic heterocycles. The summed E-state index contributed by atoms with van der Waals surface area (Å²) in [6, 6.07) is 4.97. The molecule has 0 heterocycles. The average molecular weight is 296 g/mol. The monoisotopic (exact) mass is 296 g/mol. The molecular weight excluding hydrogens is 272 g/mol. The molecule has 1 atom stereocenters. The predicted molar refractivity (Wildman–Crippen MR) is 81.4 cm³/mol. The number of hydrogen-bond donors (Lipinski definition) is 2. The number of nitrogens with one attached hydrogen (secondary N) is 1. The molecule has 6 heteroatoms. The second kappa shape index (κ2) is 8.59. The first-order valence-electron chi connectivity index (χ1n) is 7.19. The van der Waals surface area contributed by atoms with Crippen molar-refractivity contribution in [3.63, 3.8) is 0 Å². The molecule has 6 nitrogen and oxygen atoms in total.